The summed E-state index contributed by atoms with van der Waals surface area (Å²) in [6.45, 7) is 5.82. The first kappa shape index (κ1) is 13.5. The first-order chi connectivity index (χ1) is 9.22. The number of rotatable bonds is 6. The Balaban J connectivity index is 2.07. The van der Waals surface area contributed by atoms with Crippen molar-refractivity contribution in [2.45, 2.75) is 33.4 Å². The lowest BCUT2D eigenvalue weighted by molar-refractivity contribution is 0.459. The normalized spacial score (nSPS) is 10.7. The van der Waals surface area contributed by atoms with E-state index in [-0.39, 0.29) is 0 Å². The van der Waals surface area contributed by atoms with Crippen molar-refractivity contribution in [1.82, 2.24) is 20.1 Å². The van der Waals surface area contributed by atoms with Crippen LogP contribution >= 0.6 is 0 Å². The molecule has 0 unspecified atom stereocenters. The number of hydrogen-bond acceptors (Lipinski definition) is 4. The smallest absolute Gasteiger partial charge is 0.219 e. The van der Waals surface area contributed by atoms with Crippen LogP contribution in [0.3, 0.4) is 0 Å². The quantitative estimate of drug-likeness (QED) is 0.867. The van der Waals surface area contributed by atoms with Gasteiger partial charge in [-0.05, 0) is 26.0 Å². The van der Waals surface area contributed by atoms with Crippen LogP contribution in [-0.4, -0.2) is 21.8 Å². The highest BCUT2D eigenvalue weighted by Gasteiger charge is 2.05. The molecule has 0 spiro atoms. The number of nitrogens with one attached hydrogen (secondary N) is 1. The molecule has 5 nitrogen and oxygen atoms in total. The van der Waals surface area contributed by atoms with Crippen molar-refractivity contribution < 1.29 is 4.74 Å². The lowest BCUT2D eigenvalue weighted by Crippen LogP contribution is -2.07. The van der Waals surface area contributed by atoms with Crippen molar-refractivity contribution in [2.75, 3.05) is 7.05 Å². The SMILES string of the molecule is CCCn1cc(Oc2ccc(CNC)c(C)n2)cn1. The zero-order chi connectivity index (χ0) is 13.7. The first-order valence-electron chi connectivity index (χ1n) is 6.54. The minimum absolute atomic E-state index is 0.605. The molecule has 0 radical (unpaired) electrons. The fourth-order valence-corrected chi connectivity index (χ4v) is 1.87. The van der Waals surface area contributed by atoms with Gasteiger partial charge in [0.1, 0.15) is 0 Å². The molecule has 0 aromatic carbocycles. The molecule has 0 atom stereocenters. The standard InChI is InChI=1S/C14H20N4O/c1-4-7-18-10-13(9-16-18)19-14-6-5-12(8-15-3)11(2)17-14/h5-6,9-10,15H,4,7-8H2,1-3H3. The molecule has 2 rings (SSSR count). The summed E-state index contributed by atoms with van der Waals surface area (Å²) in [5.41, 5.74) is 2.16. The van der Waals surface area contributed by atoms with E-state index in [9.17, 15) is 0 Å². The number of hydrogen-bond donors (Lipinski definition) is 1. The molecule has 102 valence electrons. The average Bonchev–Trinajstić information content (AvgIpc) is 2.81. The van der Waals surface area contributed by atoms with Crippen LogP contribution in [0.5, 0.6) is 11.6 Å². The third-order valence-electron chi connectivity index (χ3n) is 2.82. The molecule has 5 heteroatoms. The maximum atomic E-state index is 5.70. The number of aromatic nitrogens is 3. The largest absolute Gasteiger partial charge is 0.436 e. The highest BCUT2D eigenvalue weighted by atomic mass is 16.5. The van der Waals surface area contributed by atoms with Gasteiger partial charge in [-0.2, -0.15) is 5.10 Å². The van der Waals surface area contributed by atoms with Crippen LogP contribution < -0.4 is 10.1 Å². The van der Waals surface area contributed by atoms with Crippen LogP contribution in [0, 0.1) is 6.92 Å². The van der Waals surface area contributed by atoms with Gasteiger partial charge in [-0.1, -0.05) is 13.0 Å². The fourth-order valence-electron chi connectivity index (χ4n) is 1.87. The molecule has 0 amide bonds. The van der Waals surface area contributed by atoms with Gasteiger partial charge in [0.05, 0.1) is 12.4 Å². The Morgan fingerprint density at radius 2 is 2.21 bits per heavy atom. The number of nitrogens with zero attached hydrogens (tertiary/aromatic N) is 3. The van der Waals surface area contributed by atoms with Crippen LogP contribution in [0.15, 0.2) is 24.5 Å². The molecular weight excluding hydrogens is 240 g/mol. The average molecular weight is 260 g/mol. The Morgan fingerprint density at radius 1 is 1.37 bits per heavy atom. The second-order valence-electron chi connectivity index (χ2n) is 4.47. The maximum Gasteiger partial charge on any atom is 0.219 e. The molecule has 0 saturated heterocycles. The van der Waals surface area contributed by atoms with E-state index in [1.54, 1.807) is 6.20 Å². The van der Waals surface area contributed by atoms with Crippen molar-refractivity contribution in [2.24, 2.45) is 0 Å². The summed E-state index contributed by atoms with van der Waals surface area (Å²) in [5.74, 6) is 1.33. The molecule has 2 heterocycles. The topological polar surface area (TPSA) is 52.0 Å². The molecule has 0 bridgehead atoms. The third kappa shape index (κ3) is 3.54. The molecule has 0 saturated carbocycles. The second kappa shape index (κ2) is 6.33. The van der Waals surface area contributed by atoms with Gasteiger partial charge < -0.3 is 10.1 Å². The summed E-state index contributed by atoms with van der Waals surface area (Å²) in [6, 6.07) is 3.92. The monoisotopic (exact) mass is 260 g/mol. The van der Waals surface area contributed by atoms with Crippen molar-refractivity contribution >= 4 is 0 Å². The van der Waals surface area contributed by atoms with Gasteiger partial charge >= 0.3 is 0 Å². The van der Waals surface area contributed by atoms with E-state index in [0.717, 1.165) is 31.0 Å². The Hall–Kier alpha value is -1.88. The van der Waals surface area contributed by atoms with E-state index in [1.807, 2.05) is 37.0 Å². The molecule has 2 aromatic rings. The summed E-state index contributed by atoms with van der Waals surface area (Å²) in [4.78, 5) is 4.44. The first-order valence-corrected chi connectivity index (χ1v) is 6.54. The van der Waals surface area contributed by atoms with Crippen LogP contribution in [0.4, 0.5) is 0 Å². The van der Waals surface area contributed by atoms with Crippen molar-refractivity contribution in [3.05, 3.63) is 35.8 Å². The Bertz CT molecular complexity index is 536. The van der Waals surface area contributed by atoms with Gasteiger partial charge in [0.25, 0.3) is 0 Å². The van der Waals surface area contributed by atoms with Gasteiger partial charge in [-0.25, -0.2) is 4.98 Å². The number of ether oxygens (including phenoxy) is 1. The van der Waals surface area contributed by atoms with Crippen LogP contribution in [0.1, 0.15) is 24.6 Å². The van der Waals surface area contributed by atoms with Crippen LogP contribution in [-0.2, 0) is 13.1 Å². The number of aryl methyl sites for hydroxylation is 2. The molecule has 0 aliphatic carbocycles. The van der Waals surface area contributed by atoms with Gasteiger partial charge in [0, 0.05) is 24.8 Å². The van der Waals surface area contributed by atoms with Gasteiger partial charge in [0.15, 0.2) is 5.75 Å². The predicted molar refractivity (Wildman–Crippen MR) is 74.3 cm³/mol. The molecule has 2 aromatic heterocycles. The highest BCUT2D eigenvalue weighted by molar-refractivity contribution is 5.28. The van der Waals surface area contributed by atoms with Crippen molar-refractivity contribution in [3.8, 4) is 11.6 Å². The summed E-state index contributed by atoms with van der Waals surface area (Å²) < 4.78 is 7.58. The van der Waals surface area contributed by atoms with E-state index in [4.69, 9.17) is 4.74 Å². The summed E-state index contributed by atoms with van der Waals surface area (Å²) in [7, 11) is 1.92. The van der Waals surface area contributed by atoms with Crippen LogP contribution in [0.2, 0.25) is 0 Å². The van der Waals surface area contributed by atoms with Crippen molar-refractivity contribution in [3.63, 3.8) is 0 Å². The summed E-state index contributed by atoms with van der Waals surface area (Å²) in [5, 5.41) is 7.34. The van der Waals surface area contributed by atoms with Gasteiger partial charge in [-0.3, -0.25) is 4.68 Å². The Kier molecular flexibility index (Phi) is 4.52. The molecule has 0 fully saturated rings. The molecule has 0 aliphatic rings. The summed E-state index contributed by atoms with van der Waals surface area (Å²) >= 11 is 0. The molecule has 19 heavy (non-hydrogen) atoms. The van der Waals surface area contributed by atoms with Crippen LogP contribution in [0.25, 0.3) is 0 Å². The van der Waals surface area contributed by atoms with E-state index in [0.29, 0.717) is 5.88 Å². The van der Waals surface area contributed by atoms with E-state index < -0.39 is 0 Å². The van der Waals surface area contributed by atoms with Crippen molar-refractivity contribution in [1.29, 1.82) is 0 Å². The fraction of sp³-hybridized carbons (Fsp3) is 0.429. The highest BCUT2D eigenvalue weighted by Crippen LogP contribution is 2.20. The van der Waals surface area contributed by atoms with E-state index in [1.165, 1.54) is 5.56 Å². The van der Waals surface area contributed by atoms with Gasteiger partial charge in [0.2, 0.25) is 5.88 Å². The molecular formula is C14H20N4O. The minimum Gasteiger partial charge on any atom is -0.436 e. The Labute approximate surface area is 113 Å². The van der Waals surface area contributed by atoms with E-state index >= 15 is 0 Å². The zero-order valence-electron chi connectivity index (χ0n) is 11.7. The Morgan fingerprint density at radius 3 is 2.89 bits per heavy atom. The number of pyridine rings is 1. The van der Waals surface area contributed by atoms with E-state index in [2.05, 4.69) is 22.3 Å². The van der Waals surface area contributed by atoms with Gasteiger partial charge in [-0.15, -0.1) is 0 Å². The molecule has 1 N–H and O–H groups in total. The molecule has 0 aliphatic heterocycles. The minimum atomic E-state index is 0.605. The second-order valence-corrected chi connectivity index (χ2v) is 4.47. The maximum absolute atomic E-state index is 5.70. The predicted octanol–water partition coefficient (Wildman–Crippen LogP) is 2.51. The lowest BCUT2D eigenvalue weighted by Gasteiger charge is -2.07. The third-order valence-corrected chi connectivity index (χ3v) is 2.82. The lowest BCUT2D eigenvalue weighted by atomic mass is 10.2. The summed E-state index contributed by atoms with van der Waals surface area (Å²) in [6.07, 6.45) is 4.66. The zero-order valence-corrected chi connectivity index (χ0v) is 11.7.